The SMILES string of the molecule is CCCCNc1nc(N)c2c(n1)N(CCC1CCOC1)C(=O)C2. The molecule has 0 aliphatic carbocycles. The molecule has 7 nitrogen and oxygen atoms in total. The van der Waals surface area contributed by atoms with Gasteiger partial charge in [0.2, 0.25) is 11.9 Å². The van der Waals surface area contributed by atoms with Gasteiger partial charge in [-0.3, -0.25) is 9.69 Å². The number of nitrogens with one attached hydrogen (secondary N) is 1. The third-order valence-electron chi connectivity index (χ3n) is 4.50. The van der Waals surface area contributed by atoms with Crippen molar-refractivity contribution in [3.8, 4) is 0 Å². The Morgan fingerprint density at radius 1 is 1.43 bits per heavy atom. The molecule has 3 heterocycles. The van der Waals surface area contributed by atoms with E-state index in [2.05, 4.69) is 22.2 Å². The summed E-state index contributed by atoms with van der Waals surface area (Å²) in [5, 5.41) is 3.19. The fourth-order valence-electron chi connectivity index (χ4n) is 3.06. The second-order valence-corrected chi connectivity index (χ2v) is 6.26. The second-order valence-electron chi connectivity index (χ2n) is 6.26. The first kappa shape index (κ1) is 16.0. The normalized spacial score (nSPS) is 20.1. The van der Waals surface area contributed by atoms with Crippen molar-refractivity contribution in [2.24, 2.45) is 5.92 Å². The zero-order chi connectivity index (χ0) is 16.2. The van der Waals surface area contributed by atoms with Crippen LogP contribution in [0.3, 0.4) is 0 Å². The minimum Gasteiger partial charge on any atom is -0.383 e. The number of unbranched alkanes of at least 4 members (excludes halogenated alkanes) is 1. The van der Waals surface area contributed by atoms with Crippen molar-refractivity contribution in [1.82, 2.24) is 9.97 Å². The second kappa shape index (κ2) is 7.12. The topological polar surface area (TPSA) is 93.4 Å². The molecule has 7 heteroatoms. The molecule has 0 spiro atoms. The van der Waals surface area contributed by atoms with Gasteiger partial charge in [0.05, 0.1) is 6.42 Å². The van der Waals surface area contributed by atoms with Crippen LogP contribution in [-0.2, 0) is 16.0 Å². The van der Waals surface area contributed by atoms with Crippen molar-refractivity contribution in [3.05, 3.63) is 5.56 Å². The number of nitrogens with two attached hydrogens (primary N) is 1. The molecule has 2 aliphatic heterocycles. The van der Waals surface area contributed by atoms with Gasteiger partial charge in [-0.25, -0.2) is 0 Å². The standard InChI is InChI=1S/C16H25N5O2/c1-2-3-6-18-16-19-14(17)12-9-13(22)21(15(12)20-16)7-4-11-5-8-23-10-11/h11H,2-10H2,1H3,(H3,17,18,19,20). The van der Waals surface area contributed by atoms with Crippen LogP contribution < -0.4 is 16.0 Å². The van der Waals surface area contributed by atoms with Gasteiger partial charge < -0.3 is 15.8 Å². The average Bonchev–Trinajstić information content (AvgIpc) is 3.14. The van der Waals surface area contributed by atoms with Gasteiger partial charge in [-0.15, -0.1) is 0 Å². The van der Waals surface area contributed by atoms with Crippen molar-refractivity contribution in [3.63, 3.8) is 0 Å². The lowest BCUT2D eigenvalue weighted by Gasteiger charge is -2.19. The van der Waals surface area contributed by atoms with Crippen LogP contribution in [0.4, 0.5) is 17.6 Å². The fourth-order valence-corrected chi connectivity index (χ4v) is 3.06. The van der Waals surface area contributed by atoms with Gasteiger partial charge in [0.25, 0.3) is 0 Å². The van der Waals surface area contributed by atoms with E-state index in [0.717, 1.165) is 51.0 Å². The molecule has 3 rings (SSSR count). The third-order valence-corrected chi connectivity index (χ3v) is 4.50. The molecule has 126 valence electrons. The first-order valence-electron chi connectivity index (χ1n) is 8.47. The van der Waals surface area contributed by atoms with Crippen molar-refractivity contribution >= 4 is 23.5 Å². The van der Waals surface area contributed by atoms with E-state index >= 15 is 0 Å². The van der Waals surface area contributed by atoms with Crippen LogP contribution in [0.25, 0.3) is 0 Å². The van der Waals surface area contributed by atoms with Crippen LogP contribution in [-0.4, -0.2) is 42.2 Å². The average molecular weight is 319 g/mol. The number of carbonyl (C=O) groups is 1. The highest BCUT2D eigenvalue weighted by Gasteiger charge is 2.32. The van der Waals surface area contributed by atoms with Gasteiger partial charge in [0.15, 0.2) is 0 Å². The lowest BCUT2D eigenvalue weighted by molar-refractivity contribution is -0.117. The number of anilines is 3. The molecular formula is C16H25N5O2. The molecule has 1 aromatic heterocycles. The minimum absolute atomic E-state index is 0.0608. The molecule has 0 saturated carbocycles. The molecule has 0 bridgehead atoms. The summed E-state index contributed by atoms with van der Waals surface area (Å²) in [7, 11) is 0. The Morgan fingerprint density at radius 2 is 2.30 bits per heavy atom. The monoisotopic (exact) mass is 319 g/mol. The van der Waals surface area contributed by atoms with Gasteiger partial charge in [-0.1, -0.05) is 13.3 Å². The van der Waals surface area contributed by atoms with Crippen LogP contribution in [0.1, 0.15) is 38.2 Å². The minimum atomic E-state index is 0.0608. The smallest absolute Gasteiger partial charge is 0.232 e. The van der Waals surface area contributed by atoms with Crippen molar-refractivity contribution in [1.29, 1.82) is 0 Å². The third kappa shape index (κ3) is 3.55. The van der Waals surface area contributed by atoms with Crippen LogP contribution >= 0.6 is 0 Å². The van der Waals surface area contributed by atoms with E-state index in [-0.39, 0.29) is 5.91 Å². The molecule has 1 saturated heterocycles. The van der Waals surface area contributed by atoms with Gasteiger partial charge in [-0.05, 0) is 25.2 Å². The summed E-state index contributed by atoms with van der Waals surface area (Å²) in [6.07, 6.45) is 4.46. The van der Waals surface area contributed by atoms with E-state index in [4.69, 9.17) is 10.5 Å². The highest BCUT2D eigenvalue weighted by atomic mass is 16.5. The number of fused-ring (bicyclic) bond motifs is 1. The first-order chi connectivity index (χ1) is 11.2. The molecule has 1 amide bonds. The number of hydrogen-bond donors (Lipinski definition) is 2. The highest BCUT2D eigenvalue weighted by Crippen LogP contribution is 2.32. The molecule has 0 aromatic carbocycles. The van der Waals surface area contributed by atoms with Crippen molar-refractivity contribution in [2.75, 3.05) is 42.3 Å². The molecule has 23 heavy (non-hydrogen) atoms. The quantitative estimate of drug-likeness (QED) is 0.741. The maximum atomic E-state index is 12.3. The van der Waals surface area contributed by atoms with Gasteiger partial charge in [-0.2, -0.15) is 9.97 Å². The van der Waals surface area contributed by atoms with E-state index in [1.807, 2.05) is 0 Å². The Kier molecular flexibility index (Phi) is 4.95. The maximum Gasteiger partial charge on any atom is 0.232 e. The summed E-state index contributed by atoms with van der Waals surface area (Å²) in [5.41, 5.74) is 6.79. The van der Waals surface area contributed by atoms with Crippen LogP contribution in [0.2, 0.25) is 0 Å². The molecule has 2 aliphatic rings. The molecule has 1 atom stereocenters. The van der Waals surface area contributed by atoms with Crippen LogP contribution in [0, 0.1) is 5.92 Å². The number of hydrogen-bond acceptors (Lipinski definition) is 6. The number of nitrogen functional groups attached to an aromatic ring is 1. The Hall–Kier alpha value is -1.89. The van der Waals surface area contributed by atoms with Crippen molar-refractivity contribution < 1.29 is 9.53 Å². The highest BCUT2D eigenvalue weighted by molar-refractivity contribution is 6.01. The van der Waals surface area contributed by atoms with E-state index < -0.39 is 0 Å². The van der Waals surface area contributed by atoms with E-state index in [0.29, 0.717) is 36.5 Å². The van der Waals surface area contributed by atoms with E-state index in [1.54, 1.807) is 4.90 Å². The molecule has 1 fully saturated rings. The first-order valence-corrected chi connectivity index (χ1v) is 8.47. The number of rotatable bonds is 7. The maximum absolute atomic E-state index is 12.3. The zero-order valence-electron chi connectivity index (χ0n) is 13.7. The lowest BCUT2D eigenvalue weighted by atomic mass is 10.1. The predicted octanol–water partition coefficient (Wildman–Crippen LogP) is 1.59. The predicted molar refractivity (Wildman–Crippen MR) is 89.4 cm³/mol. The fraction of sp³-hybridized carbons (Fsp3) is 0.688. The number of amides is 1. The zero-order valence-corrected chi connectivity index (χ0v) is 13.7. The number of ether oxygens (including phenoxy) is 1. The van der Waals surface area contributed by atoms with Gasteiger partial charge in [0, 0.05) is 31.9 Å². The van der Waals surface area contributed by atoms with E-state index in [1.165, 1.54) is 0 Å². The molecule has 1 unspecified atom stereocenters. The summed E-state index contributed by atoms with van der Waals surface area (Å²) >= 11 is 0. The Morgan fingerprint density at radius 3 is 3.04 bits per heavy atom. The summed E-state index contributed by atoms with van der Waals surface area (Å²) in [4.78, 5) is 22.9. The number of carbonyl (C=O) groups excluding carboxylic acids is 1. The molecule has 3 N–H and O–H groups in total. The van der Waals surface area contributed by atoms with Crippen LogP contribution in [0.5, 0.6) is 0 Å². The summed E-state index contributed by atoms with van der Waals surface area (Å²) in [6.45, 7) is 5.24. The molecule has 0 radical (unpaired) electrons. The van der Waals surface area contributed by atoms with Crippen molar-refractivity contribution in [2.45, 2.75) is 39.0 Å². The lowest BCUT2D eigenvalue weighted by Crippen LogP contribution is -2.30. The summed E-state index contributed by atoms with van der Waals surface area (Å²) in [6, 6.07) is 0. The molecule has 1 aromatic rings. The van der Waals surface area contributed by atoms with Gasteiger partial charge in [0.1, 0.15) is 11.6 Å². The number of nitrogens with zero attached hydrogens (tertiary/aromatic N) is 3. The van der Waals surface area contributed by atoms with Gasteiger partial charge >= 0.3 is 0 Å². The Balaban J connectivity index is 1.72. The van der Waals surface area contributed by atoms with Crippen LogP contribution in [0.15, 0.2) is 0 Å². The Labute approximate surface area is 136 Å². The molecular weight excluding hydrogens is 294 g/mol. The summed E-state index contributed by atoms with van der Waals surface area (Å²) in [5.74, 6) is 2.20. The Bertz CT molecular complexity index is 572. The number of aromatic nitrogens is 2. The van der Waals surface area contributed by atoms with E-state index in [9.17, 15) is 4.79 Å². The largest absolute Gasteiger partial charge is 0.383 e. The summed E-state index contributed by atoms with van der Waals surface area (Å²) < 4.78 is 5.40.